The number of aromatic nitrogens is 4. The fourth-order valence-electron chi connectivity index (χ4n) is 2.98. The van der Waals surface area contributed by atoms with Crippen molar-refractivity contribution < 1.29 is 13.7 Å². The molecule has 3 heterocycles. The van der Waals surface area contributed by atoms with Gasteiger partial charge in [0.15, 0.2) is 5.82 Å². The number of amides is 1. The molecule has 158 valence electrons. The Kier molecular flexibility index (Phi) is 5.48. The Bertz CT molecular complexity index is 1300. The molecule has 1 N–H and O–H groups in total. The maximum Gasteiger partial charge on any atom is 0.316 e. The van der Waals surface area contributed by atoms with Gasteiger partial charge in [-0.3, -0.25) is 9.59 Å². The summed E-state index contributed by atoms with van der Waals surface area (Å²) in [5.41, 5.74) is 3.56. The Labute approximate surface area is 177 Å². The van der Waals surface area contributed by atoms with E-state index in [0.717, 1.165) is 16.9 Å². The third kappa shape index (κ3) is 4.61. The molecule has 9 nitrogen and oxygen atoms in total. The second-order valence-electron chi connectivity index (χ2n) is 7.22. The van der Waals surface area contributed by atoms with Crippen molar-refractivity contribution in [2.24, 2.45) is 0 Å². The number of rotatable bonds is 6. The Balaban J connectivity index is 1.48. The minimum Gasteiger partial charge on any atom is -0.465 e. The third-order valence-electron chi connectivity index (χ3n) is 4.84. The average molecular weight is 419 g/mol. The van der Waals surface area contributed by atoms with Crippen molar-refractivity contribution in [1.82, 2.24) is 25.2 Å². The van der Waals surface area contributed by atoms with Gasteiger partial charge in [0.1, 0.15) is 18.1 Å². The summed E-state index contributed by atoms with van der Waals surface area (Å²) in [6.45, 7) is 6.05. The summed E-state index contributed by atoms with van der Waals surface area (Å²) in [5.74, 6) is 0.814. The zero-order valence-electron chi connectivity index (χ0n) is 17.4. The molecule has 0 unspecified atom stereocenters. The Morgan fingerprint density at radius 3 is 2.65 bits per heavy atom. The van der Waals surface area contributed by atoms with Gasteiger partial charge >= 0.3 is 11.8 Å². The van der Waals surface area contributed by atoms with Gasteiger partial charge in [-0.1, -0.05) is 17.3 Å². The molecular formula is C22H21N5O4. The first kappa shape index (κ1) is 20.3. The number of furan rings is 1. The van der Waals surface area contributed by atoms with E-state index in [1.54, 1.807) is 12.1 Å². The molecule has 0 spiro atoms. The van der Waals surface area contributed by atoms with Crippen molar-refractivity contribution in [3.05, 3.63) is 87.2 Å². The van der Waals surface area contributed by atoms with Gasteiger partial charge in [-0.05, 0) is 56.2 Å². The lowest BCUT2D eigenvalue weighted by Crippen LogP contribution is -2.24. The van der Waals surface area contributed by atoms with Crippen LogP contribution in [0.5, 0.6) is 0 Å². The first-order valence-corrected chi connectivity index (χ1v) is 9.71. The van der Waals surface area contributed by atoms with Crippen LogP contribution in [0.2, 0.25) is 0 Å². The van der Waals surface area contributed by atoms with Crippen molar-refractivity contribution in [1.29, 1.82) is 0 Å². The molecule has 4 aromatic rings. The molecule has 3 aromatic heterocycles. The van der Waals surface area contributed by atoms with Crippen LogP contribution in [0.1, 0.15) is 39.2 Å². The number of nitrogens with zero attached hydrogens (tertiary/aromatic N) is 4. The first-order chi connectivity index (χ1) is 14.9. The first-order valence-electron chi connectivity index (χ1n) is 9.71. The van der Waals surface area contributed by atoms with Gasteiger partial charge in [0.2, 0.25) is 0 Å². The molecule has 0 saturated carbocycles. The zero-order chi connectivity index (χ0) is 22.0. The second-order valence-corrected chi connectivity index (χ2v) is 7.22. The number of nitrogens with one attached hydrogen (secondary N) is 1. The van der Waals surface area contributed by atoms with Crippen molar-refractivity contribution in [2.45, 2.75) is 33.9 Å². The standard InChI is InChI=1S/C22H21N5O4/c1-13-4-6-16(10-14(13)2)18-8-9-20(28)27(25-18)12-19-24-22(31-26-19)21(29)23-11-17-7-5-15(3)30-17/h4-10H,11-12H2,1-3H3,(H,23,29). The molecule has 0 aliphatic heterocycles. The van der Waals surface area contributed by atoms with Crippen molar-refractivity contribution in [2.75, 3.05) is 0 Å². The SMILES string of the molecule is Cc1ccc(CNC(=O)c2nc(Cn3nc(-c4ccc(C)c(C)c4)ccc3=O)no2)o1. The van der Waals surface area contributed by atoms with Crippen LogP contribution < -0.4 is 10.9 Å². The highest BCUT2D eigenvalue weighted by atomic mass is 16.5. The van der Waals surface area contributed by atoms with Crippen molar-refractivity contribution >= 4 is 5.91 Å². The molecule has 31 heavy (non-hydrogen) atoms. The van der Waals surface area contributed by atoms with Gasteiger partial charge in [0.25, 0.3) is 5.56 Å². The van der Waals surface area contributed by atoms with Crippen molar-refractivity contribution in [3.8, 4) is 11.3 Å². The lowest BCUT2D eigenvalue weighted by atomic mass is 10.0. The van der Waals surface area contributed by atoms with Crippen LogP contribution in [0.25, 0.3) is 11.3 Å². The molecule has 1 aromatic carbocycles. The predicted octanol–water partition coefficient (Wildman–Crippen LogP) is 2.79. The fourth-order valence-corrected chi connectivity index (χ4v) is 2.98. The number of carbonyl (C=O) groups excluding carboxylic acids is 1. The molecule has 0 atom stereocenters. The lowest BCUT2D eigenvalue weighted by Gasteiger charge is -2.07. The molecule has 9 heteroatoms. The van der Waals surface area contributed by atoms with Crippen molar-refractivity contribution in [3.63, 3.8) is 0 Å². The normalized spacial score (nSPS) is 10.9. The van der Waals surface area contributed by atoms with E-state index in [-0.39, 0.29) is 30.4 Å². The van der Waals surface area contributed by atoms with E-state index in [1.807, 2.05) is 45.0 Å². The fraction of sp³-hybridized carbons (Fsp3) is 0.227. The highest BCUT2D eigenvalue weighted by Gasteiger charge is 2.16. The summed E-state index contributed by atoms with van der Waals surface area (Å²) in [7, 11) is 0. The Hall–Kier alpha value is -4.01. The number of hydrogen-bond acceptors (Lipinski definition) is 7. The van der Waals surface area contributed by atoms with E-state index in [1.165, 1.54) is 16.3 Å². The predicted molar refractivity (Wildman–Crippen MR) is 111 cm³/mol. The second kappa shape index (κ2) is 8.39. The number of hydrogen-bond donors (Lipinski definition) is 1. The molecular weight excluding hydrogens is 398 g/mol. The van der Waals surface area contributed by atoms with E-state index in [4.69, 9.17) is 8.94 Å². The summed E-state index contributed by atoms with van der Waals surface area (Å²) >= 11 is 0. The minimum atomic E-state index is -0.531. The van der Waals surface area contributed by atoms with Crippen LogP contribution in [0.15, 0.2) is 56.2 Å². The quantitative estimate of drug-likeness (QED) is 0.511. The third-order valence-corrected chi connectivity index (χ3v) is 4.84. The van der Waals surface area contributed by atoms with Crippen LogP contribution in [0.3, 0.4) is 0 Å². The van der Waals surface area contributed by atoms with Gasteiger partial charge in [-0.25, -0.2) is 4.68 Å². The monoisotopic (exact) mass is 419 g/mol. The van der Waals surface area contributed by atoms with Crippen LogP contribution >= 0.6 is 0 Å². The summed E-state index contributed by atoms with van der Waals surface area (Å²) in [5, 5.41) is 10.8. The maximum atomic E-state index is 12.3. The van der Waals surface area contributed by atoms with E-state index in [2.05, 4.69) is 20.6 Å². The van der Waals surface area contributed by atoms with E-state index in [9.17, 15) is 9.59 Å². The zero-order valence-corrected chi connectivity index (χ0v) is 17.4. The Morgan fingerprint density at radius 1 is 1.06 bits per heavy atom. The molecule has 0 bridgehead atoms. The summed E-state index contributed by atoms with van der Waals surface area (Å²) in [6.07, 6.45) is 0. The molecule has 1 amide bonds. The number of benzene rings is 1. The van der Waals surface area contributed by atoms with Crippen LogP contribution in [-0.2, 0) is 13.1 Å². The smallest absolute Gasteiger partial charge is 0.316 e. The largest absolute Gasteiger partial charge is 0.465 e. The number of carbonyl (C=O) groups is 1. The minimum absolute atomic E-state index is 0.0221. The maximum absolute atomic E-state index is 12.3. The molecule has 0 aliphatic carbocycles. The van der Waals surface area contributed by atoms with Gasteiger partial charge < -0.3 is 14.3 Å². The number of aryl methyl sites for hydroxylation is 3. The summed E-state index contributed by atoms with van der Waals surface area (Å²) in [4.78, 5) is 28.5. The molecule has 4 rings (SSSR count). The van der Waals surface area contributed by atoms with Crippen LogP contribution in [0.4, 0.5) is 0 Å². The van der Waals surface area contributed by atoms with Crippen LogP contribution in [-0.4, -0.2) is 25.8 Å². The van der Waals surface area contributed by atoms with E-state index < -0.39 is 5.91 Å². The highest BCUT2D eigenvalue weighted by molar-refractivity contribution is 5.89. The van der Waals surface area contributed by atoms with E-state index in [0.29, 0.717) is 11.5 Å². The molecule has 0 radical (unpaired) electrons. The van der Waals surface area contributed by atoms with Gasteiger partial charge in [0, 0.05) is 11.6 Å². The van der Waals surface area contributed by atoms with Crippen LogP contribution in [0, 0.1) is 20.8 Å². The van der Waals surface area contributed by atoms with Gasteiger partial charge in [0.05, 0.1) is 12.2 Å². The molecule has 0 aliphatic rings. The van der Waals surface area contributed by atoms with Gasteiger partial charge in [-0.2, -0.15) is 10.1 Å². The topological polar surface area (TPSA) is 116 Å². The Morgan fingerprint density at radius 2 is 1.90 bits per heavy atom. The summed E-state index contributed by atoms with van der Waals surface area (Å²) < 4.78 is 11.7. The van der Waals surface area contributed by atoms with E-state index >= 15 is 0 Å². The molecule has 0 saturated heterocycles. The lowest BCUT2D eigenvalue weighted by molar-refractivity contribution is 0.0904. The summed E-state index contributed by atoms with van der Waals surface area (Å²) in [6, 6.07) is 12.7. The average Bonchev–Trinajstić information content (AvgIpc) is 3.39. The molecule has 0 fully saturated rings. The highest BCUT2D eigenvalue weighted by Crippen LogP contribution is 2.19. The van der Waals surface area contributed by atoms with Gasteiger partial charge in [-0.15, -0.1) is 0 Å².